The molecule has 1 fully saturated rings. The van der Waals surface area contributed by atoms with Crippen LogP contribution in [-0.4, -0.2) is 48.6 Å². The smallest absolute Gasteiger partial charge is 0.237 e. The minimum atomic E-state index is -0.169. The first-order valence-electron chi connectivity index (χ1n) is 7.73. The number of anilines is 1. The summed E-state index contributed by atoms with van der Waals surface area (Å²) in [4.78, 5) is 16.9. The second-order valence-corrected chi connectivity index (χ2v) is 6.77. The van der Waals surface area contributed by atoms with E-state index in [0.717, 1.165) is 26.2 Å². The van der Waals surface area contributed by atoms with Gasteiger partial charge in [0.15, 0.2) is 0 Å². The van der Waals surface area contributed by atoms with Gasteiger partial charge in [0, 0.05) is 37.4 Å². The molecular weight excluding hydrogens is 262 g/mol. The summed E-state index contributed by atoms with van der Waals surface area (Å²) in [6.45, 7) is 11.8. The van der Waals surface area contributed by atoms with E-state index in [1.807, 2.05) is 33.8 Å². The molecule has 1 amide bonds. The van der Waals surface area contributed by atoms with Crippen LogP contribution in [0, 0.1) is 0 Å². The van der Waals surface area contributed by atoms with Crippen LogP contribution in [0.15, 0.2) is 30.3 Å². The summed E-state index contributed by atoms with van der Waals surface area (Å²) in [7, 11) is 0. The van der Waals surface area contributed by atoms with Crippen molar-refractivity contribution in [2.75, 3.05) is 31.1 Å². The van der Waals surface area contributed by atoms with Crippen LogP contribution in [0.1, 0.15) is 27.7 Å². The summed E-state index contributed by atoms with van der Waals surface area (Å²) >= 11 is 0. The van der Waals surface area contributed by atoms with Crippen LogP contribution in [-0.2, 0) is 4.79 Å². The van der Waals surface area contributed by atoms with E-state index in [4.69, 9.17) is 0 Å². The zero-order valence-electron chi connectivity index (χ0n) is 13.6. The van der Waals surface area contributed by atoms with Gasteiger partial charge >= 0.3 is 0 Å². The van der Waals surface area contributed by atoms with Gasteiger partial charge in [-0.2, -0.15) is 0 Å². The average molecular weight is 289 g/mol. The zero-order valence-corrected chi connectivity index (χ0v) is 13.6. The predicted octanol–water partition coefficient (Wildman–Crippen LogP) is 2.11. The normalized spacial score (nSPS) is 18.4. The lowest BCUT2D eigenvalue weighted by Crippen LogP contribution is -2.56. The summed E-state index contributed by atoms with van der Waals surface area (Å²) in [5, 5.41) is 3.06. The first kappa shape index (κ1) is 15.8. The third-order valence-corrected chi connectivity index (χ3v) is 3.86. The number of rotatable bonds is 3. The molecule has 1 aromatic carbocycles. The molecule has 1 unspecified atom stereocenters. The van der Waals surface area contributed by atoms with Crippen molar-refractivity contribution in [3.8, 4) is 0 Å². The second kappa shape index (κ2) is 6.48. The van der Waals surface area contributed by atoms with Gasteiger partial charge in [0.2, 0.25) is 5.91 Å². The number of hydrogen-bond donors (Lipinski definition) is 1. The minimum Gasteiger partial charge on any atom is -0.369 e. The van der Waals surface area contributed by atoms with Crippen molar-refractivity contribution in [1.82, 2.24) is 10.2 Å². The fraction of sp³-hybridized carbons (Fsp3) is 0.588. The van der Waals surface area contributed by atoms with E-state index < -0.39 is 0 Å². The molecule has 0 radical (unpaired) electrons. The van der Waals surface area contributed by atoms with Crippen molar-refractivity contribution in [2.24, 2.45) is 0 Å². The van der Waals surface area contributed by atoms with Crippen molar-refractivity contribution < 1.29 is 4.79 Å². The molecule has 0 bridgehead atoms. The largest absolute Gasteiger partial charge is 0.369 e. The van der Waals surface area contributed by atoms with Gasteiger partial charge in [-0.05, 0) is 39.8 Å². The number of nitrogens with zero attached hydrogens (tertiary/aromatic N) is 2. The Morgan fingerprint density at radius 2 is 1.67 bits per heavy atom. The van der Waals surface area contributed by atoms with Crippen LogP contribution < -0.4 is 10.2 Å². The molecule has 1 aliphatic rings. The summed E-state index contributed by atoms with van der Waals surface area (Å²) in [6.07, 6.45) is 0. The molecule has 1 aliphatic heterocycles. The highest BCUT2D eigenvalue weighted by molar-refractivity contribution is 5.82. The Morgan fingerprint density at radius 3 is 2.19 bits per heavy atom. The number of nitrogens with one attached hydrogen (secondary N) is 1. The molecular formula is C17H27N3O. The fourth-order valence-electron chi connectivity index (χ4n) is 2.65. The Kier molecular flexibility index (Phi) is 4.88. The van der Waals surface area contributed by atoms with E-state index >= 15 is 0 Å². The number of amides is 1. The lowest BCUT2D eigenvalue weighted by atomic mass is 10.1. The molecule has 21 heavy (non-hydrogen) atoms. The summed E-state index contributed by atoms with van der Waals surface area (Å²) < 4.78 is 0. The van der Waals surface area contributed by atoms with Crippen molar-refractivity contribution in [2.45, 2.75) is 39.3 Å². The highest BCUT2D eigenvalue weighted by Crippen LogP contribution is 2.16. The number of carbonyl (C=O) groups excluding carboxylic acids is 1. The van der Waals surface area contributed by atoms with Gasteiger partial charge in [0.25, 0.3) is 0 Å². The minimum absolute atomic E-state index is 0.0675. The summed E-state index contributed by atoms with van der Waals surface area (Å²) in [5.74, 6) is 0.121. The number of benzene rings is 1. The Morgan fingerprint density at radius 1 is 1.10 bits per heavy atom. The zero-order chi connectivity index (χ0) is 15.5. The number of hydrogen-bond acceptors (Lipinski definition) is 3. The first-order valence-corrected chi connectivity index (χ1v) is 7.73. The van der Waals surface area contributed by atoms with E-state index in [0.29, 0.717) is 0 Å². The summed E-state index contributed by atoms with van der Waals surface area (Å²) in [5.41, 5.74) is 1.10. The van der Waals surface area contributed by atoms with E-state index in [1.165, 1.54) is 5.69 Å². The molecule has 2 rings (SSSR count). The molecule has 1 N–H and O–H groups in total. The third-order valence-electron chi connectivity index (χ3n) is 3.86. The highest BCUT2D eigenvalue weighted by atomic mass is 16.2. The molecule has 4 nitrogen and oxygen atoms in total. The molecule has 1 heterocycles. The Balaban J connectivity index is 1.87. The van der Waals surface area contributed by atoms with Crippen molar-refractivity contribution in [1.29, 1.82) is 0 Å². The molecule has 0 saturated carbocycles. The summed E-state index contributed by atoms with van der Waals surface area (Å²) in [6, 6.07) is 10.4. The Bertz CT molecular complexity index is 459. The highest BCUT2D eigenvalue weighted by Gasteiger charge is 2.27. The lowest BCUT2D eigenvalue weighted by Gasteiger charge is -2.39. The van der Waals surface area contributed by atoms with E-state index in [2.05, 4.69) is 39.4 Å². The van der Waals surface area contributed by atoms with Crippen LogP contribution in [0.5, 0.6) is 0 Å². The maximum absolute atomic E-state index is 12.2. The topological polar surface area (TPSA) is 35.6 Å². The molecule has 0 aromatic heterocycles. The van der Waals surface area contributed by atoms with Gasteiger partial charge in [-0.15, -0.1) is 0 Å². The molecule has 4 heteroatoms. The van der Waals surface area contributed by atoms with Crippen LogP contribution in [0.4, 0.5) is 5.69 Å². The number of piperazine rings is 1. The molecule has 1 atom stereocenters. The van der Waals surface area contributed by atoms with Gasteiger partial charge in [-0.3, -0.25) is 9.69 Å². The van der Waals surface area contributed by atoms with Crippen LogP contribution >= 0.6 is 0 Å². The van der Waals surface area contributed by atoms with Crippen molar-refractivity contribution >= 4 is 11.6 Å². The van der Waals surface area contributed by atoms with Crippen LogP contribution in [0.3, 0.4) is 0 Å². The second-order valence-electron chi connectivity index (χ2n) is 6.77. The molecule has 0 aliphatic carbocycles. The van der Waals surface area contributed by atoms with E-state index in [9.17, 15) is 4.79 Å². The van der Waals surface area contributed by atoms with E-state index in [-0.39, 0.29) is 17.5 Å². The molecule has 0 spiro atoms. The van der Waals surface area contributed by atoms with Gasteiger partial charge in [-0.25, -0.2) is 0 Å². The van der Waals surface area contributed by atoms with Gasteiger partial charge in [-0.1, -0.05) is 18.2 Å². The third kappa shape index (κ3) is 4.46. The monoisotopic (exact) mass is 289 g/mol. The quantitative estimate of drug-likeness (QED) is 0.926. The predicted molar refractivity (Wildman–Crippen MR) is 87.6 cm³/mol. The van der Waals surface area contributed by atoms with Crippen molar-refractivity contribution in [3.05, 3.63) is 30.3 Å². The van der Waals surface area contributed by atoms with Gasteiger partial charge < -0.3 is 10.2 Å². The van der Waals surface area contributed by atoms with Gasteiger partial charge in [0.1, 0.15) is 0 Å². The Hall–Kier alpha value is -1.55. The standard InChI is InChI=1S/C17H27N3O/c1-14(16(21)18-17(2,3)4)19-10-12-20(13-11-19)15-8-6-5-7-9-15/h5-9,14H,10-13H2,1-4H3,(H,18,21). The average Bonchev–Trinajstić information content (AvgIpc) is 2.46. The van der Waals surface area contributed by atoms with Crippen molar-refractivity contribution in [3.63, 3.8) is 0 Å². The van der Waals surface area contributed by atoms with Crippen LogP contribution in [0.25, 0.3) is 0 Å². The molecule has 116 valence electrons. The molecule has 1 saturated heterocycles. The number of para-hydroxylation sites is 1. The number of carbonyl (C=O) groups is 1. The van der Waals surface area contributed by atoms with E-state index in [1.54, 1.807) is 0 Å². The lowest BCUT2D eigenvalue weighted by molar-refractivity contribution is -0.127. The fourth-order valence-corrected chi connectivity index (χ4v) is 2.65. The molecule has 1 aromatic rings. The maximum atomic E-state index is 12.2. The van der Waals surface area contributed by atoms with Gasteiger partial charge in [0.05, 0.1) is 6.04 Å². The van der Waals surface area contributed by atoms with Crippen LogP contribution in [0.2, 0.25) is 0 Å². The Labute approximate surface area is 128 Å². The maximum Gasteiger partial charge on any atom is 0.237 e. The SMILES string of the molecule is CC(C(=O)NC(C)(C)C)N1CCN(c2ccccc2)CC1. The first-order chi connectivity index (χ1) is 9.87.